The summed E-state index contributed by atoms with van der Waals surface area (Å²) in [5.41, 5.74) is 10.6. The van der Waals surface area contributed by atoms with E-state index in [1.807, 2.05) is 6.55 Å². The lowest BCUT2D eigenvalue weighted by Crippen LogP contribution is -2.32. The molecule has 1 saturated heterocycles. The molecule has 1 aliphatic heterocycles. The third kappa shape index (κ3) is 1.07. The molecule has 3 atom stereocenters. The highest BCUT2D eigenvalue weighted by Gasteiger charge is 2.28. The number of nitrogens with two attached hydrogens (primary N) is 2. The van der Waals surface area contributed by atoms with E-state index in [1.54, 1.807) is 0 Å². The average Bonchev–Trinajstić information content (AvgIpc) is 1.85. The minimum Gasteiger partial charge on any atom is -0.380 e. The molecule has 1 fully saturated rings. The molecule has 3 unspecified atom stereocenters. The molecule has 0 radical (unpaired) electrons. The van der Waals surface area contributed by atoms with Crippen molar-refractivity contribution in [2.75, 3.05) is 0 Å². The Morgan fingerprint density at radius 2 is 2.12 bits per heavy atom. The van der Waals surface area contributed by atoms with Crippen LogP contribution in [0.25, 0.3) is 0 Å². The first-order valence-electron chi connectivity index (χ1n) is 2.52. The number of hydrogen-bond donors (Lipinski definition) is 2. The van der Waals surface area contributed by atoms with Crippen LogP contribution >= 0.6 is 0 Å². The Kier molecular flexibility index (Phi) is 1.64. The van der Waals surface area contributed by atoms with Gasteiger partial charge in [-0.05, 0) is 6.55 Å². The molecule has 4 nitrogen and oxygen atoms in total. The van der Waals surface area contributed by atoms with Gasteiger partial charge in [-0.15, -0.1) is 0 Å². The molecular formula is C3H10N2O2Si. The van der Waals surface area contributed by atoms with Crippen molar-refractivity contribution in [2.24, 2.45) is 11.5 Å². The summed E-state index contributed by atoms with van der Waals surface area (Å²) in [6.45, 7) is 1.96. The van der Waals surface area contributed by atoms with Crippen LogP contribution in [0.15, 0.2) is 0 Å². The van der Waals surface area contributed by atoms with Crippen molar-refractivity contribution in [2.45, 2.75) is 18.8 Å². The van der Waals surface area contributed by atoms with Crippen LogP contribution in [0, 0.1) is 0 Å². The quantitative estimate of drug-likeness (QED) is 0.394. The molecule has 48 valence electrons. The maximum Gasteiger partial charge on any atom is 0.225 e. The van der Waals surface area contributed by atoms with E-state index in [2.05, 4.69) is 0 Å². The topological polar surface area (TPSA) is 70.5 Å². The van der Waals surface area contributed by atoms with E-state index in [9.17, 15) is 0 Å². The van der Waals surface area contributed by atoms with Crippen LogP contribution in [0.1, 0.15) is 0 Å². The van der Waals surface area contributed by atoms with Gasteiger partial charge in [0.05, 0.1) is 0 Å². The Morgan fingerprint density at radius 1 is 1.50 bits per heavy atom. The molecule has 0 aromatic heterocycles. The van der Waals surface area contributed by atoms with Crippen LogP contribution in [0.2, 0.25) is 6.55 Å². The minimum atomic E-state index is -1.27. The lowest BCUT2D eigenvalue weighted by molar-refractivity contribution is -0.0404. The molecule has 0 amide bonds. The van der Waals surface area contributed by atoms with E-state index in [0.29, 0.717) is 0 Å². The van der Waals surface area contributed by atoms with Gasteiger partial charge in [-0.2, -0.15) is 0 Å². The Bertz CT molecular complexity index is 81.4. The maximum absolute atomic E-state index is 5.40. The van der Waals surface area contributed by atoms with Crippen LogP contribution < -0.4 is 11.5 Å². The summed E-state index contributed by atoms with van der Waals surface area (Å²) in [6.07, 6.45) is -0.563. The summed E-state index contributed by atoms with van der Waals surface area (Å²) in [5, 5.41) is 0. The van der Waals surface area contributed by atoms with Crippen molar-refractivity contribution in [3.63, 3.8) is 0 Å². The Balaban J connectivity index is 2.39. The first-order chi connectivity index (χ1) is 3.70. The smallest absolute Gasteiger partial charge is 0.225 e. The van der Waals surface area contributed by atoms with Crippen LogP contribution in [0.3, 0.4) is 0 Å². The van der Waals surface area contributed by atoms with E-state index >= 15 is 0 Å². The second kappa shape index (κ2) is 2.12. The predicted molar refractivity (Wildman–Crippen MR) is 31.1 cm³/mol. The first kappa shape index (κ1) is 6.18. The van der Waals surface area contributed by atoms with E-state index in [-0.39, 0.29) is 5.85 Å². The molecule has 0 aromatic carbocycles. The molecule has 1 heterocycles. The molecule has 0 bridgehead atoms. The molecule has 0 spiro atoms. The summed E-state index contributed by atoms with van der Waals surface area (Å²) in [6, 6.07) is 0. The number of rotatable bonds is 0. The number of hydrogen-bond acceptors (Lipinski definition) is 4. The van der Waals surface area contributed by atoms with Crippen LogP contribution in [0.4, 0.5) is 0 Å². The van der Waals surface area contributed by atoms with E-state index in [0.717, 1.165) is 0 Å². The van der Waals surface area contributed by atoms with Crippen LogP contribution in [-0.2, 0) is 9.16 Å². The van der Waals surface area contributed by atoms with E-state index in [4.69, 9.17) is 20.6 Å². The van der Waals surface area contributed by atoms with Crippen molar-refractivity contribution in [3.8, 4) is 0 Å². The van der Waals surface area contributed by atoms with Gasteiger partial charge in [0.15, 0.2) is 0 Å². The van der Waals surface area contributed by atoms with Gasteiger partial charge in [-0.1, -0.05) is 0 Å². The van der Waals surface area contributed by atoms with Gasteiger partial charge >= 0.3 is 0 Å². The summed E-state index contributed by atoms with van der Waals surface area (Å²) in [7, 11) is -1.27. The van der Waals surface area contributed by atoms with Crippen molar-refractivity contribution < 1.29 is 9.16 Å². The minimum absolute atomic E-state index is 0.218. The van der Waals surface area contributed by atoms with Crippen molar-refractivity contribution in [3.05, 3.63) is 0 Å². The third-order valence-corrected chi connectivity index (χ3v) is 2.88. The Labute approximate surface area is 49.5 Å². The normalized spacial score (nSPS) is 47.6. The van der Waals surface area contributed by atoms with Crippen LogP contribution in [-0.4, -0.2) is 21.3 Å². The van der Waals surface area contributed by atoms with Gasteiger partial charge in [0.25, 0.3) is 0 Å². The molecule has 4 N–H and O–H groups in total. The van der Waals surface area contributed by atoms with E-state index < -0.39 is 15.5 Å². The lowest BCUT2D eigenvalue weighted by atomic mass is 11.1. The molecule has 1 rings (SSSR count). The maximum atomic E-state index is 5.40. The molecule has 8 heavy (non-hydrogen) atoms. The highest BCUT2D eigenvalue weighted by molar-refractivity contribution is 6.52. The van der Waals surface area contributed by atoms with Crippen molar-refractivity contribution in [1.29, 1.82) is 0 Å². The van der Waals surface area contributed by atoms with Gasteiger partial charge in [0.2, 0.25) is 15.5 Å². The second-order valence-electron chi connectivity index (χ2n) is 1.81. The molecule has 0 aliphatic carbocycles. The predicted octanol–water partition coefficient (Wildman–Crippen LogP) is -1.55. The zero-order chi connectivity index (χ0) is 6.15. The SMILES string of the molecule is C[SiH]1OC(N)OC1N. The first-order valence-corrected chi connectivity index (χ1v) is 4.81. The standard InChI is InChI=1S/C3H10N2O2Si/c1-8-3(5)6-2(4)7-8/h2-3,8H,4-5H2,1H3. The summed E-state index contributed by atoms with van der Waals surface area (Å²) < 4.78 is 9.91. The monoisotopic (exact) mass is 134 g/mol. The molecular weight excluding hydrogens is 124 g/mol. The van der Waals surface area contributed by atoms with E-state index in [1.165, 1.54) is 0 Å². The molecule has 0 aromatic rings. The van der Waals surface area contributed by atoms with Crippen LogP contribution in [0.5, 0.6) is 0 Å². The summed E-state index contributed by atoms with van der Waals surface area (Å²) in [4.78, 5) is 0. The molecule has 1 aliphatic rings. The summed E-state index contributed by atoms with van der Waals surface area (Å²) >= 11 is 0. The highest BCUT2D eigenvalue weighted by atomic mass is 28.3. The Morgan fingerprint density at radius 3 is 2.25 bits per heavy atom. The molecule has 0 saturated carbocycles. The fraction of sp³-hybridized carbons (Fsp3) is 1.00. The van der Waals surface area contributed by atoms with Crippen molar-refractivity contribution in [1.82, 2.24) is 0 Å². The van der Waals surface area contributed by atoms with Gasteiger partial charge in [-0.3, -0.25) is 5.73 Å². The zero-order valence-corrected chi connectivity index (χ0v) is 5.86. The third-order valence-electron chi connectivity index (χ3n) is 1.10. The highest BCUT2D eigenvalue weighted by Crippen LogP contribution is 2.06. The van der Waals surface area contributed by atoms with Crippen molar-refractivity contribution >= 4 is 9.04 Å². The largest absolute Gasteiger partial charge is 0.380 e. The summed E-state index contributed by atoms with van der Waals surface area (Å²) in [5.74, 6) is -0.218. The van der Waals surface area contributed by atoms with Gasteiger partial charge in [-0.25, -0.2) is 0 Å². The molecule has 5 heteroatoms. The fourth-order valence-corrected chi connectivity index (χ4v) is 1.60. The zero-order valence-electron chi connectivity index (χ0n) is 4.70. The van der Waals surface area contributed by atoms with Gasteiger partial charge in [0.1, 0.15) is 5.85 Å². The Hall–Kier alpha value is 0.0569. The van der Waals surface area contributed by atoms with Gasteiger partial charge in [0, 0.05) is 0 Å². The average molecular weight is 134 g/mol. The second-order valence-corrected chi connectivity index (χ2v) is 4.15. The number of ether oxygens (including phenoxy) is 1. The lowest BCUT2D eigenvalue weighted by Gasteiger charge is -2.00. The fourth-order valence-electron chi connectivity index (χ4n) is 0.587. The van der Waals surface area contributed by atoms with Gasteiger partial charge < -0.3 is 14.9 Å².